The average Bonchev–Trinajstić information content (AvgIpc) is 2.89. The van der Waals surface area contributed by atoms with Gasteiger partial charge in [-0.15, -0.1) is 11.3 Å². The van der Waals surface area contributed by atoms with Crippen LogP contribution >= 0.6 is 11.3 Å². The van der Waals surface area contributed by atoms with Crippen molar-refractivity contribution < 1.29 is 24.5 Å². The van der Waals surface area contributed by atoms with E-state index in [9.17, 15) is 14.7 Å². The second-order valence-corrected chi connectivity index (χ2v) is 4.63. The summed E-state index contributed by atoms with van der Waals surface area (Å²) >= 11 is 1.26. The molecule has 0 bridgehead atoms. The molecule has 5 nitrogen and oxygen atoms in total. The third-order valence-corrected chi connectivity index (χ3v) is 3.24. The molecular weight excluding hydrogens is 268 g/mol. The molecule has 6 heteroatoms. The number of ether oxygens (including phenoxy) is 1. The summed E-state index contributed by atoms with van der Waals surface area (Å²) in [5.41, 5.74) is -0.100. The largest absolute Gasteiger partial charge is 0.508 e. The summed E-state index contributed by atoms with van der Waals surface area (Å²) < 4.78 is 4.81. The van der Waals surface area contributed by atoms with E-state index in [4.69, 9.17) is 9.84 Å². The van der Waals surface area contributed by atoms with Gasteiger partial charge >= 0.3 is 5.97 Å². The number of hydrogen-bond acceptors (Lipinski definition) is 6. The number of Topliss-reactive ketones (excluding diaryl/α,β-unsaturated/α-hetero) is 1. The molecule has 0 spiro atoms. The zero-order valence-electron chi connectivity index (χ0n) is 9.70. The predicted molar refractivity (Wildman–Crippen MR) is 68.7 cm³/mol. The number of phenolic OH excluding ortho intramolecular Hbond substituents is 2. The molecule has 0 aliphatic carbocycles. The Balaban J connectivity index is 2.00. The van der Waals surface area contributed by atoms with Crippen molar-refractivity contribution in [1.82, 2.24) is 0 Å². The molecular formula is C13H10O5S. The van der Waals surface area contributed by atoms with E-state index in [0.717, 1.165) is 6.07 Å². The maximum absolute atomic E-state index is 11.6. The van der Waals surface area contributed by atoms with Crippen LogP contribution in [-0.2, 0) is 4.74 Å². The molecule has 0 unspecified atom stereocenters. The minimum Gasteiger partial charge on any atom is -0.508 e. The lowest BCUT2D eigenvalue weighted by atomic mass is 10.2. The van der Waals surface area contributed by atoms with Crippen molar-refractivity contribution in [2.24, 2.45) is 0 Å². The van der Waals surface area contributed by atoms with Crippen LogP contribution in [0.4, 0.5) is 0 Å². The molecule has 0 atom stereocenters. The number of esters is 1. The third kappa shape index (κ3) is 3.11. The van der Waals surface area contributed by atoms with Crippen LogP contribution in [-0.4, -0.2) is 28.6 Å². The summed E-state index contributed by atoms with van der Waals surface area (Å²) in [5.74, 6) is -1.68. The number of ketones is 1. The Morgan fingerprint density at radius 1 is 1.21 bits per heavy atom. The van der Waals surface area contributed by atoms with Crippen LogP contribution in [0.25, 0.3) is 0 Å². The maximum atomic E-state index is 11.6. The molecule has 98 valence electrons. The standard InChI is InChI=1S/C13H10O5S/c14-8-3-4-9(10(15)6-8)13(17)18-7-11(16)12-2-1-5-19-12/h1-6,14-15H,7H2. The minimum absolute atomic E-state index is 0.100. The lowest BCUT2D eigenvalue weighted by Gasteiger charge is -2.05. The van der Waals surface area contributed by atoms with Crippen LogP contribution in [0.2, 0.25) is 0 Å². The summed E-state index contributed by atoms with van der Waals surface area (Å²) in [6, 6.07) is 6.86. The van der Waals surface area contributed by atoms with E-state index in [-0.39, 0.29) is 23.7 Å². The number of aromatic hydroxyl groups is 2. The summed E-state index contributed by atoms with van der Waals surface area (Å²) in [6.07, 6.45) is 0. The minimum atomic E-state index is -0.817. The second kappa shape index (κ2) is 5.53. The Hall–Kier alpha value is -2.34. The van der Waals surface area contributed by atoms with Crippen LogP contribution in [0.15, 0.2) is 35.7 Å². The van der Waals surface area contributed by atoms with Gasteiger partial charge in [0.1, 0.15) is 17.1 Å². The van der Waals surface area contributed by atoms with E-state index >= 15 is 0 Å². The topological polar surface area (TPSA) is 83.8 Å². The van der Waals surface area contributed by atoms with Crippen molar-refractivity contribution in [3.63, 3.8) is 0 Å². The molecule has 1 aromatic heterocycles. The number of benzene rings is 1. The highest BCUT2D eigenvalue weighted by Gasteiger charge is 2.15. The maximum Gasteiger partial charge on any atom is 0.342 e. The fourth-order valence-corrected chi connectivity index (χ4v) is 2.06. The van der Waals surface area contributed by atoms with Crippen LogP contribution < -0.4 is 0 Å². The van der Waals surface area contributed by atoms with Gasteiger partial charge in [0.05, 0.1) is 4.88 Å². The zero-order valence-corrected chi connectivity index (χ0v) is 10.5. The van der Waals surface area contributed by atoms with E-state index in [1.54, 1.807) is 17.5 Å². The first-order valence-electron chi connectivity index (χ1n) is 5.34. The van der Waals surface area contributed by atoms with Gasteiger partial charge in [0.2, 0.25) is 5.78 Å². The number of rotatable bonds is 4. The van der Waals surface area contributed by atoms with Gasteiger partial charge in [-0.3, -0.25) is 4.79 Å². The highest BCUT2D eigenvalue weighted by atomic mass is 32.1. The van der Waals surface area contributed by atoms with Crippen LogP contribution in [0.5, 0.6) is 11.5 Å². The molecule has 0 fully saturated rings. The third-order valence-electron chi connectivity index (χ3n) is 2.33. The van der Waals surface area contributed by atoms with Crippen molar-refractivity contribution in [3.05, 3.63) is 46.2 Å². The smallest absolute Gasteiger partial charge is 0.342 e. The quantitative estimate of drug-likeness (QED) is 0.661. The number of carbonyl (C=O) groups excluding carboxylic acids is 2. The van der Waals surface area contributed by atoms with Crippen LogP contribution in [0.1, 0.15) is 20.0 Å². The first-order chi connectivity index (χ1) is 9.08. The molecule has 0 aliphatic rings. The lowest BCUT2D eigenvalue weighted by Crippen LogP contribution is -2.13. The average molecular weight is 278 g/mol. The van der Waals surface area contributed by atoms with E-state index in [1.807, 2.05) is 0 Å². The highest BCUT2D eigenvalue weighted by Crippen LogP contribution is 2.23. The Bertz CT molecular complexity index is 604. The SMILES string of the molecule is O=C(COC(=O)c1ccc(O)cc1O)c1cccs1. The predicted octanol–water partition coefficient (Wildman–Crippen LogP) is 2.20. The molecule has 0 amide bonds. The van der Waals surface area contributed by atoms with Crippen molar-refractivity contribution in [1.29, 1.82) is 0 Å². The molecule has 2 aromatic rings. The molecule has 19 heavy (non-hydrogen) atoms. The van der Waals surface area contributed by atoms with Gasteiger partial charge in [-0.25, -0.2) is 4.79 Å². The summed E-state index contributed by atoms with van der Waals surface area (Å²) in [4.78, 5) is 23.8. The first kappa shape index (κ1) is 13.1. The van der Waals surface area contributed by atoms with Crippen LogP contribution in [0, 0.1) is 0 Å². The zero-order chi connectivity index (χ0) is 13.8. The van der Waals surface area contributed by atoms with Gasteiger partial charge in [-0.2, -0.15) is 0 Å². The number of phenols is 2. The molecule has 2 N–H and O–H groups in total. The fraction of sp³-hybridized carbons (Fsp3) is 0.0769. The molecule has 0 aliphatic heterocycles. The fourth-order valence-electron chi connectivity index (χ4n) is 1.41. The Labute approximate surface area is 112 Å². The molecule has 0 saturated carbocycles. The Morgan fingerprint density at radius 2 is 2.00 bits per heavy atom. The lowest BCUT2D eigenvalue weighted by molar-refractivity contribution is 0.0473. The van der Waals surface area contributed by atoms with Gasteiger partial charge < -0.3 is 14.9 Å². The van der Waals surface area contributed by atoms with E-state index in [2.05, 4.69) is 0 Å². The highest BCUT2D eigenvalue weighted by molar-refractivity contribution is 7.12. The molecule has 0 saturated heterocycles. The monoisotopic (exact) mass is 278 g/mol. The summed E-state index contributed by atoms with van der Waals surface area (Å²) in [5, 5.41) is 20.3. The van der Waals surface area contributed by atoms with Crippen molar-refractivity contribution in [2.75, 3.05) is 6.61 Å². The van der Waals surface area contributed by atoms with E-state index in [1.165, 1.54) is 23.5 Å². The van der Waals surface area contributed by atoms with Crippen molar-refractivity contribution >= 4 is 23.1 Å². The van der Waals surface area contributed by atoms with Gasteiger partial charge in [0.15, 0.2) is 6.61 Å². The van der Waals surface area contributed by atoms with Gasteiger partial charge in [-0.05, 0) is 23.6 Å². The van der Waals surface area contributed by atoms with Crippen molar-refractivity contribution in [3.8, 4) is 11.5 Å². The molecule has 2 rings (SSSR count). The van der Waals surface area contributed by atoms with Gasteiger partial charge in [0, 0.05) is 6.07 Å². The number of hydrogen-bond donors (Lipinski definition) is 2. The summed E-state index contributed by atoms with van der Waals surface area (Å²) in [7, 11) is 0. The summed E-state index contributed by atoms with van der Waals surface area (Å²) in [6.45, 7) is -0.389. The van der Waals surface area contributed by atoms with Gasteiger partial charge in [-0.1, -0.05) is 6.07 Å². The number of carbonyl (C=O) groups is 2. The van der Waals surface area contributed by atoms with Crippen LogP contribution in [0.3, 0.4) is 0 Å². The first-order valence-corrected chi connectivity index (χ1v) is 6.21. The molecule has 1 heterocycles. The normalized spacial score (nSPS) is 10.1. The molecule has 1 aromatic carbocycles. The van der Waals surface area contributed by atoms with Gasteiger partial charge in [0.25, 0.3) is 0 Å². The Morgan fingerprint density at radius 3 is 2.63 bits per heavy atom. The van der Waals surface area contributed by atoms with Crippen molar-refractivity contribution in [2.45, 2.75) is 0 Å². The second-order valence-electron chi connectivity index (χ2n) is 3.68. The molecule has 0 radical (unpaired) electrons. The number of thiophene rings is 1. The van der Waals surface area contributed by atoms with E-state index < -0.39 is 11.7 Å². The Kier molecular flexibility index (Phi) is 3.82. The van der Waals surface area contributed by atoms with E-state index in [0.29, 0.717) is 4.88 Å².